The van der Waals surface area contributed by atoms with Gasteiger partial charge >= 0.3 is 0 Å². The summed E-state index contributed by atoms with van der Waals surface area (Å²) in [6.45, 7) is 0. The van der Waals surface area contributed by atoms with E-state index < -0.39 is 10.8 Å². The minimum Gasteiger partial charge on any atom is -0.366 e. The van der Waals surface area contributed by atoms with Gasteiger partial charge in [0.15, 0.2) is 0 Å². The number of hydrogen-bond acceptors (Lipinski definition) is 3. The standard InChI is InChI=1S/C13H10N2O3/c14-13(16)11-3-1-9(2-4-11)10-5-7-12(8-6-10)15(17)18/h1-8H,(H2,14,16). The first-order valence-electron chi connectivity index (χ1n) is 5.22. The van der Waals surface area contributed by atoms with Crippen LogP contribution in [0, 0.1) is 10.1 Å². The van der Waals surface area contributed by atoms with Crippen LogP contribution < -0.4 is 5.73 Å². The number of hydrogen-bond donors (Lipinski definition) is 1. The van der Waals surface area contributed by atoms with Crippen LogP contribution in [0.1, 0.15) is 10.4 Å². The monoisotopic (exact) mass is 242 g/mol. The van der Waals surface area contributed by atoms with E-state index in [4.69, 9.17) is 5.73 Å². The summed E-state index contributed by atoms with van der Waals surface area (Å²) in [6.07, 6.45) is 0. The van der Waals surface area contributed by atoms with E-state index in [0.717, 1.165) is 11.1 Å². The van der Waals surface area contributed by atoms with Crippen molar-refractivity contribution in [2.75, 3.05) is 0 Å². The van der Waals surface area contributed by atoms with Gasteiger partial charge in [-0.15, -0.1) is 0 Å². The van der Waals surface area contributed by atoms with Gasteiger partial charge in [0.1, 0.15) is 0 Å². The third-order valence-corrected chi connectivity index (χ3v) is 2.58. The molecule has 0 aromatic heterocycles. The summed E-state index contributed by atoms with van der Waals surface area (Å²) in [7, 11) is 0. The van der Waals surface area contributed by atoms with Gasteiger partial charge in [0, 0.05) is 17.7 Å². The summed E-state index contributed by atoms with van der Waals surface area (Å²) in [4.78, 5) is 21.0. The Morgan fingerprint density at radius 1 is 0.944 bits per heavy atom. The summed E-state index contributed by atoms with van der Waals surface area (Å²) < 4.78 is 0. The Bertz CT molecular complexity index is 533. The number of non-ortho nitro benzene ring substituents is 1. The number of carbonyl (C=O) groups is 1. The number of nitrogens with two attached hydrogens (primary N) is 1. The van der Waals surface area contributed by atoms with Crippen molar-refractivity contribution < 1.29 is 9.72 Å². The highest BCUT2D eigenvalue weighted by Crippen LogP contribution is 2.22. The maximum Gasteiger partial charge on any atom is 0.269 e. The molecule has 0 saturated carbocycles. The highest BCUT2D eigenvalue weighted by Gasteiger charge is 2.05. The first-order valence-corrected chi connectivity index (χ1v) is 5.22. The quantitative estimate of drug-likeness (QED) is 0.662. The molecule has 0 spiro atoms. The normalized spacial score (nSPS) is 10.0. The molecule has 5 heteroatoms. The van der Waals surface area contributed by atoms with Crippen molar-refractivity contribution in [1.82, 2.24) is 0 Å². The molecule has 0 fully saturated rings. The molecule has 0 aliphatic carbocycles. The maximum atomic E-state index is 10.9. The molecule has 5 nitrogen and oxygen atoms in total. The van der Waals surface area contributed by atoms with E-state index in [1.165, 1.54) is 12.1 Å². The molecule has 0 bridgehead atoms. The lowest BCUT2D eigenvalue weighted by Crippen LogP contribution is -2.10. The van der Waals surface area contributed by atoms with E-state index >= 15 is 0 Å². The Balaban J connectivity index is 2.31. The lowest BCUT2D eigenvalue weighted by atomic mass is 10.0. The van der Waals surface area contributed by atoms with Gasteiger partial charge in [-0.1, -0.05) is 12.1 Å². The molecular formula is C13H10N2O3. The van der Waals surface area contributed by atoms with Gasteiger partial charge in [-0.25, -0.2) is 0 Å². The van der Waals surface area contributed by atoms with Gasteiger partial charge < -0.3 is 5.73 Å². The third kappa shape index (κ3) is 2.35. The van der Waals surface area contributed by atoms with E-state index in [1.54, 1.807) is 36.4 Å². The summed E-state index contributed by atoms with van der Waals surface area (Å²) in [5.74, 6) is -0.481. The van der Waals surface area contributed by atoms with Gasteiger partial charge in [-0.3, -0.25) is 14.9 Å². The number of nitro groups is 1. The van der Waals surface area contributed by atoms with Gasteiger partial charge in [0.25, 0.3) is 5.69 Å². The molecule has 2 rings (SSSR count). The Morgan fingerprint density at radius 2 is 1.39 bits per heavy atom. The van der Waals surface area contributed by atoms with Gasteiger partial charge in [-0.2, -0.15) is 0 Å². The van der Waals surface area contributed by atoms with Crippen LogP contribution in [-0.2, 0) is 0 Å². The van der Waals surface area contributed by atoms with Crippen LogP contribution in [0.4, 0.5) is 5.69 Å². The summed E-state index contributed by atoms with van der Waals surface area (Å²) >= 11 is 0. The summed E-state index contributed by atoms with van der Waals surface area (Å²) in [5.41, 5.74) is 7.34. The van der Waals surface area contributed by atoms with Crippen LogP contribution in [0.3, 0.4) is 0 Å². The van der Waals surface area contributed by atoms with Crippen molar-refractivity contribution in [3.8, 4) is 11.1 Å². The molecule has 0 aliphatic rings. The number of amides is 1. The number of carbonyl (C=O) groups excluding carboxylic acids is 1. The van der Waals surface area contributed by atoms with Crippen LogP contribution in [-0.4, -0.2) is 10.8 Å². The number of nitrogens with zero attached hydrogens (tertiary/aromatic N) is 1. The number of rotatable bonds is 3. The predicted molar refractivity (Wildman–Crippen MR) is 67.1 cm³/mol. The molecule has 18 heavy (non-hydrogen) atoms. The van der Waals surface area contributed by atoms with Gasteiger partial charge in [-0.05, 0) is 35.4 Å². The lowest BCUT2D eigenvalue weighted by Gasteiger charge is -2.02. The molecule has 0 heterocycles. The highest BCUT2D eigenvalue weighted by atomic mass is 16.6. The topological polar surface area (TPSA) is 86.2 Å². The second-order valence-corrected chi connectivity index (χ2v) is 3.75. The molecule has 0 unspecified atom stereocenters. The number of nitro benzene ring substituents is 1. The van der Waals surface area contributed by atoms with Crippen LogP contribution >= 0.6 is 0 Å². The van der Waals surface area contributed by atoms with Crippen molar-refractivity contribution in [1.29, 1.82) is 0 Å². The van der Waals surface area contributed by atoms with E-state index in [0.29, 0.717) is 5.56 Å². The zero-order valence-corrected chi connectivity index (χ0v) is 9.37. The Hall–Kier alpha value is -2.69. The second-order valence-electron chi connectivity index (χ2n) is 3.75. The third-order valence-electron chi connectivity index (χ3n) is 2.58. The SMILES string of the molecule is NC(=O)c1ccc(-c2ccc([N+](=O)[O-])cc2)cc1. The molecular weight excluding hydrogens is 232 g/mol. The molecule has 0 atom stereocenters. The number of primary amides is 1. The highest BCUT2D eigenvalue weighted by molar-refractivity contribution is 5.93. The van der Waals surface area contributed by atoms with E-state index in [9.17, 15) is 14.9 Å². The molecule has 0 aliphatic heterocycles. The zero-order valence-electron chi connectivity index (χ0n) is 9.37. The van der Waals surface area contributed by atoms with Gasteiger partial charge in [0.05, 0.1) is 4.92 Å². The van der Waals surface area contributed by atoms with Crippen LogP contribution in [0.25, 0.3) is 11.1 Å². The van der Waals surface area contributed by atoms with Crippen LogP contribution in [0.5, 0.6) is 0 Å². The molecule has 1 amide bonds. The smallest absolute Gasteiger partial charge is 0.269 e. The average molecular weight is 242 g/mol. The minimum atomic E-state index is -0.481. The first-order chi connectivity index (χ1) is 8.58. The predicted octanol–water partition coefficient (Wildman–Crippen LogP) is 2.36. The lowest BCUT2D eigenvalue weighted by molar-refractivity contribution is -0.384. The van der Waals surface area contributed by atoms with Crippen molar-refractivity contribution >= 4 is 11.6 Å². The van der Waals surface area contributed by atoms with Crippen molar-refractivity contribution in [2.45, 2.75) is 0 Å². The molecule has 90 valence electrons. The Morgan fingerprint density at radius 3 is 1.78 bits per heavy atom. The van der Waals surface area contributed by atoms with Crippen molar-refractivity contribution in [3.05, 3.63) is 64.2 Å². The van der Waals surface area contributed by atoms with Crippen LogP contribution in [0.2, 0.25) is 0 Å². The fourth-order valence-electron chi connectivity index (χ4n) is 1.60. The minimum absolute atomic E-state index is 0.0486. The second kappa shape index (κ2) is 4.67. The molecule has 0 radical (unpaired) electrons. The van der Waals surface area contributed by atoms with Crippen molar-refractivity contribution in [2.24, 2.45) is 5.73 Å². The zero-order chi connectivity index (χ0) is 13.1. The molecule has 2 N–H and O–H groups in total. The molecule has 0 saturated heterocycles. The van der Waals surface area contributed by atoms with Crippen molar-refractivity contribution in [3.63, 3.8) is 0 Å². The fraction of sp³-hybridized carbons (Fsp3) is 0. The summed E-state index contributed by atoms with van der Waals surface area (Å²) in [6, 6.07) is 13.0. The summed E-state index contributed by atoms with van der Waals surface area (Å²) in [5, 5.41) is 10.5. The first kappa shape index (κ1) is 11.8. The maximum absolute atomic E-state index is 10.9. The van der Waals surface area contributed by atoms with E-state index in [2.05, 4.69) is 0 Å². The van der Waals surface area contributed by atoms with E-state index in [1.807, 2.05) is 0 Å². The molecule has 2 aromatic carbocycles. The van der Waals surface area contributed by atoms with Gasteiger partial charge in [0.2, 0.25) is 5.91 Å². The van der Waals surface area contributed by atoms with Crippen LogP contribution in [0.15, 0.2) is 48.5 Å². The Labute approximate surface area is 103 Å². The van der Waals surface area contributed by atoms with E-state index in [-0.39, 0.29) is 5.69 Å². The average Bonchev–Trinajstić information content (AvgIpc) is 2.39. The Kier molecular flexibility index (Phi) is 3.05. The molecule has 2 aromatic rings. The fourth-order valence-corrected chi connectivity index (χ4v) is 1.60. The largest absolute Gasteiger partial charge is 0.366 e. The number of benzene rings is 2.